The minimum atomic E-state index is 0.573. The number of benzene rings is 1. The van der Waals surface area contributed by atoms with Crippen molar-refractivity contribution in [1.82, 2.24) is 15.6 Å². The number of rotatable bonds is 3. The van der Waals surface area contributed by atoms with Crippen LogP contribution in [0.5, 0.6) is 0 Å². The molecule has 0 aliphatic rings. The molecule has 0 radical (unpaired) electrons. The largest absolute Gasteiger partial charge is 0.444 e. The predicted molar refractivity (Wildman–Crippen MR) is 71.2 cm³/mol. The number of nitrogens with one attached hydrogen (secondary N) is 2. The Balaban J connectivity index is 2.03. The smallest absolute Gasteiger partial charge is 0.226 e. The van der Waals surface area contributed by atoms with Gasteiger partial charge in [-0.1, -0.05) is 18.2 Å². The molecule has 1 aromatic heterocycles. The van der Waals surface area contributed by atoms with Gasteiger partial charge in [0.2, 0.25) is 5.89 Å². The molecule has 2 aromatic rings. The van der Waals surface area contributed by atoms with Gasteiger partial charge in [0, 0.05) is 19.7 Å². The van der Waals surface area contributed by atoms with Crippen molar-refractivity contribution < 1.29 is 4.42 Å². The van der Waals surface area contributed by atoms with Crippen molar-refractivity contribution in [3.63, 3.8) is 0 Å². The first kappa shape index (κ1) is 12.2. The van der Waals surface area contributed by atoms with E-state index in [0.717, 1.165) is 17.2 Å². The molecule has 2 N–H and O–H groups in total. The van der Waals surface area contributed by atoms with Gasteiger partial charge in [-0.15, -0.1) is 0 Å². The summed E-state index contributed by atoms with van der Waals surface area (Å²) >= 11 is 0. The van der Waals surface area contributed by atoms with Gasteiger partial charge in [0.1, 0.15) is 6.26 Å². The Labute approximate surface area is 106 Å². The number of guanidine groups is 1. The molecule has 5 heteroatoms. The van der Waals surface area contributed by atoms with E-state index in [1.807, 2.05) is 37.4 Å². The molecular formula is C13H16N4O. The fraction of sp³-hybridized carbons (Fsp3) is 0.231. The second-order valence-electron chi connectivity index (χ2n) is 3.69. The van der Waals surface area contributed by atoms with Crippen LogP contribution in [0.25, 0.3) is 11.5 Å². The van der Waals surface area contributed by atoms with Crippen molar-refractivity contribution in [2.24, 2.45) is 4.99 Å². The fourth-order valence-electron chi connectivity index (χ4n) is 1.56. The molecule has 0 saturated heterocycles. The lowest BCUT2D eigenvalue weighted by molar-refractivity contribution is 0.572. The van der Waals surface area contributed by atoms with E-state index in [-0.39, 0.29) is 0 Å². The van der Waals surface area contributed by atoms with Crippen molar-refractivity contribution in [3.8, 4) is 11.5 Å². The van der Waals surface area contributed by atoms with Gasteiger partial charge in [-0.05, 0) is 12.1 Å². The van der Waals surface area contributed by atoms with Crippen LogP contribution in [-0.4, -0.2) is 25.0 Å². The molecule has 0 unspecified atom stereocenters. The summed E-state index contributed by atoms with van der Waals surface area (Å²) in [5.41, 5.74) is 1.81. The predicted octanol–water partition coefficient (Wildman–Crippen LogP) is 1.64. The summed E-state index contributed by atoms with van der Waals surface area (Å²) in [5.74, 6) is 1.35. The Bertz CT molecular complexity index is 519. The Kier molecular flexibility index (Phi) is 3.96. The first-order chi connectivity index (χ1) is 8.83. The third-order valence-corrected chi connectivity index (χ3v) is 2.47. The topological polar surface area (TPSA) is 62.5 Å². The highest BCUT2D eigenvalue weighted by Gasteiger charge is 2.06. The summed E-state index contributed by atoms with van der Waals surface area (Å²) in [6.45, 7) is 0.573. The van der Waals surface area contributed by atoms with Gasteiger partial charge in [-0.3, -0.25) is 4.99 Å². The molecule has 0 fully saturated rings. The van der Waals surface area contributed by atoms with Crippen LogP contribution in [0.4, 0.5) is 0 Å². The normalized spacial score (nSPS) is 11.3. The Morgan fingerprint density at radius 2 is 2.11 bits per heavy atom. The van der Waals surface area contributed by atoms with E-state index in [1.54, 1.807) is 13.3 Å². The summed E-state index contributed by atoms with van der Waals surface area (Å²) < 4.78 is 5.44. The average molecular weight is 244 g/mol. The van der Waals surface area contributed by atoms with Crippen molar-refractivity contribution in [2.45, 2.75) is 6.54 Å². The van der Waals surface area contributed by atoms with E-state index in [9.17, 15) is 0 Å². The summed E-state index contributed by atoms with van der Waals surface area (Å²) in [6.07, 6.45) is 1.65. The fourth-order valence-corrected chi connectivity index (χ4v) is 1.56. The lowest BCUT2D eigenvalue weighted by Gasteiger charge is -2.05. The molecule has 0 atom stereocenters. The van der Waals surface area contributed by atoms with Crippen molar-refractivity contribution in [3.05, 3.63) is 42.3 Å². The molecule has 1 heterocycles. The molecular weight excluding hydrogens is 228 g/mol. The Hall–Kier alpha value is -2.30. The van der Waals surface area contributed by atoms with E-state index in [4.69, 9.17) is 4.42 Å². The van der Waals surface area contributed by atoms with Gasteiger partial charge in [-0.2, -0.15) is 0 Å². The van der Waals surface area contributed by atoms with Crippen LogP contribution in [0.3, 0.4) is 0 Å². The lowest BCUT2D eigenvalue weighted by atomic mass is 10.2. The number of hydrogen-bond donors (Lipinski definition) is 2. The van der Waals surface area contributed by atoms with Crippen LogP contribution in [0.2, 0.25) is 0 Å². The third-order valence-electron chi connectivity index (χ3n) is 2.47. The van der Waals surface area contributed by atoms with Crippen molar-refractivity contribution in [2.75, 3.05) is 14.1 Å². The Morgan fingerprint density at radius 3 is 2.78 bits per heavy atom. The molecule has 0 aliphatic heterocycles. The zero-order valence-electron chi connectivity index (χ0n) is 10.5. The maximum Gasteiger partial charge on any atom is 0.226 e. The third kappa shape index (κ3) is 2.88. The zero-order valence-corrected chi connectivity index (χ0v) is 10.5. The zero-order chi connectivity index (χ0) is 12.8. The minimum absolute atomic E-state index is 0.573. The van der Waals surface area contributed by atoms with E-state index in [0.29, 0.717) is 12.4 Å². The van der Waals surface area contributed by atoms with Crippen LogP contribution in [0.1, 0.15) is 5.69 Å². The van der Waals surface area contributed by atoms with Crippen LogP contribution in [0, 0.1) is 0 Å². The number of nitrogens with zero attached hydrogens (tertiary/aromatic N) is 2. The second-order valence-corrected chi connectivity index (χ2v) is 3.69. The van der Waals surface area contributed by atoms with Crippen LogP contribution >= 0.6 is 0 Å². The summed E-state index contributed by atoms with van der Waals surface area (Å²) in [4.78, 5) is 8.43. The molecule has 0 bridgehead atoms. The van der Waals surface area contributed by atoms with Crippen molar-refractivity contribution >= 4 is 5.96 Å². The molecule has 0 aliphatic carbocycles. The van der Waals surface area contributed by atoms with E-state index in [1.165, 1.54) is 0 Å². The number of aromatic nitrogens is 1. The lowest BCUT2D eigenvalue weighted by Crippen LogP contribution is -2.34. The second kappa shape index (κ2) is 5.86. The molecule has 0 saturated carbocycles. The van der Waals surface area contributed by atoms with Gasteiger partial charge in [0.15, 0.2) is 5.96 Å². The minimum Gasteiger partial charge on any atom is -0.444 e. The molecule has 2 rings (SSSR count). The number of oxazole rings is 1. The summed E-state index contributed by atoms with van der Waals surface area (Å²) in [5, 5.41) is 6.06. The highest BCUT2D eigenvalue weighted by atomic mass is 16.3. The van der Waals surface area contributed by atoms with Gasteiger partial charge >= 0.3 is 0 Å². The molecule has 0 amide bonds. The molecule has 5 nitrogen and oxygen atoms in total. The van der Waals surface area contributed by atoms with Crippen LogP contribution in [0.15, 0.2) is 46.0 Å². The number of hydrogen-bond acceptors (Lipinski definition) is 3. The van der Waals surface area contributed by atoms with E-state index in [2.05, 4.69) is 20.6 Å². The maximum absolute atomic E-state index is 5.44. The maximum atomic E-state index is 5.44. The first-order valence-electron chi connectivity index (χ1n) is 5.71. The molecule has 0 spiro atoms. The van der Waals surface area contributed by atoms with Gasteiger partial charge in [0.05, 0.1) is 12.2 Å². The molecule has 94 valence electrons. The Morgan fingerprint density at radius 1 is 1.33 bits per heavy atom. The van der Waals surface area contributed by atoms with Gasteiger partial charge < -0.3 is 15.1 Å². The quantitative estimate of drug-likeness (QED) is 0.636. The molecule has 18 heavy (non-hydrogen) atoms. The van der Waals surface area contributed by atoms with Crippen molar-refractivity contribution in [1.29, 1.82) is 0 Å². The first-order valence-corrected chi connectivity index (χ1v) is 5.71. The van der Waals surface area contributed by atoms with Crippen LogP contribution < -0.4 is 10.6 Å². The summed E-state index contributed by atoms with van der Waals surface area (Å²) in [7, 11) is 3.53. The highest BCUT2D eigenvalue weighted by Crippen LogP contribution is 2.17. The average Bonchev–Trinajstić information content (AvgIpc) is 2.90. The van der Waals surface area contributed by atoms with Gasteiger partial charge in [0.25, 0.3) is 0 Å². The summed E-state index contributed by atoms with van der Waals surface area (Å²) in [6, 6.07) is 9.82. The van der Waals surface area contributed by atoms with E-state index >= 15 is 0 Å². The van der Waals surface area contributed by atoms with Crippen LogP contribution in [-0.2, 0) is 6.54 Å². The monoisotopic (exact) mass is 244 g/mol. The standard InChI is InChI=1S/C13H16N4O/c1-14-13(15-2)16-8-11-9-18-12(17-11)10-6-4-3-5-7-10/h3-7,9H,8H2,1-2H3,(H2,14,15,16). The number of aliphatic imine (C=N–C) groups is 1. The highest BCUT2D eigenvalue weighted by molar-refractivity contribution is 5.79. The SMILES string of the molecule is CN=C(NC)NCc1coc(-c2ccccc2)n1. The van der Waals surface area contributed by atoms with Gasteiger partial charge in [-0.25, -0.2) is 4.98 Å². The van der Waals surface area contributed by atoms with E-state index < -0.39 is 0 Å². The molecule has 1 aromatic carbocycles.